The van der Waals surface area contributed by atoms with E-state index in [0.717, 1.165) is 0 Å². The van der Waals surface area contributed by atoms with E-state index < -0.39 is 17.9 Å². The molecule has 0 saturated carbocycles. The molecule has 1 atom stereocenters. The number of nitrogens with zero attached hydrogens (tertiary/aromatic N) is 1. The van der Waals surface area contributed by atoms with Crippen LogP contribution in [0.25, 0.3) is 0 Å². The quantitative estimate of drug-likeness (QED) is 0.362. The van der Waals surface area contributed by atoms with Gasteiger partial charge in [-0.3, -0.25) is 9.69 Å². The third-order valence-corrected chi connectivity index (χ3v) is 7.53. The van der Waals surface area contributed by atoms with Gasteiger partial charge in [-0.2, -0.15) is 0 Å². The van der Waals surface area contributed by atoms with Gasteiger partial charge in [0.25, 0.3) is 0 Å². The van der Waals surface area contributed by atoms with Gasteiger partial charge in [-0.1, -0.05) is 23.7 Å². The van der Waals surface area contributed by atoms with Gasteiger partial charge in [-0.05, 0) is 81.7 Å². The van der Waals surface area contributed by atoms with Crippen molar-refractivity contribution >= 4 is 29.3 Å². The zero-order valence-corrected chi connectivity index (χ0v) is 23.0. The Kier molecular flexibility index (Phi) is 9.20. The molecule has 7 nitrogen and oxygen atoms in total. The number of carbonyl (C=O) groups excluding carboxylic acids is 3. The van der Waals surface area contributed by atoms with Crippen molar-refractivity contribution in [2.45, 2.75) is 32.6 Å². The van der Waals surface area contributed by atoms with E-state index in [4.69, 9.17) is 21.1 Å². The van der Waals surface area contributed by atoms with E-state index in [1.807, 2.05) is 6.07 Å². The number of ketones is 1. The van der Waals surface area contributed by atoms with Crippen LogP contribution in [0.15, 0.2) is 71.1 Å². The van der Waals surface area contributed by atoms with E-state index >= 15 is 0 Å². The summed E-state index contributed by atoms with van der Waals surface area (Å²) in [6.07, 6.45) is 1.36. The number of methoxy groups -OCH3 is 1. The predicted octanol–water partition coefficient (Wildman–Crippen LogP) is 5.03. The predicted molar refractivity (Wildman–Crippen MR) is 146 cm³/mol. The molecule has 1 N–H and O–H groups in total. The van der Waals surface area contributed by atoms with E-state index in [2.05, 4.69) is 10.2 Å². The molecule has 0 aromatic heterocycles. The summed E-state index contributed by atoms with van der Waals surface area (Å²) in [5, 5.41) is 3.61. The molecule has 0 aliphatic carbocycles. The second kappa shape index (κ2) is 12.6. The van der Waals surface area contributed by atoms with Crippen molar-refractivity contribution in [2.24, 2.45) is 5.92 Å². The molecule has 2 aliphatic rings. The summed E-state index contributed by atoms with van der Waals surface area (Å²) in [7, 11) is 1.30. The molecule has 1 unspecified atom stereocenters. The molecule has 0 bridgehead atoms. The number of esters is 2. The number of benzene rings is 2. The first kappa shape index (κ1) is 28.5. The molecule has 1 fully saturated rings. The molecule has 2 aromatic carbocycles. The summed E-state index contributed by atoms with van der Waals surface area (Å²) in [5.41, 5.74) is 3.05. The lowest BCUT2D eigenvalue weighted by Gasteiger charge is -2.32. The van der Waals surface area contributed by atoms with Crippen LogP contribution < -0.4 is 5.32 Å². The number of ether oxygens (including phenoxy) is 2. The number of carbonyl (C=O) groups is 3. The average molecular weight is 555 g/mol. The molecule has 2 heterocycles. The number of rotatable bonds is 8. The smallest absolute Gasteiger partial charge is 0.336 e. The highest BCUT2D eigenvalue weighted by atomic mass is 35.5. The molecule has 0 spiro atoms. The maximum atomic E-state index is 13.4. The lowest BCUT2D eigenvalue weighted by molar-refractivity contribution is -0.140. The molecular weight excluding hydrogens is 523 g/mol. The summed E-state index contributed by atoms with van der Waals surface area (Å²) in [6.45, 7) is 5.60. The van der Waals surface area contributed by atoms with Crippen LogP contribution in [-0.2, 0) is 19.1 Å². The molecule has 2 aromatic rings. The van der Waals surface area contributed by atoms with Gasteiger partial charge in [-0.25, -0.2) is 14.0 Å². The number of halogens is 2. The van der Waals surface area contributed by atoms with E-state index in [1.165, 1.54) is 31.4 Å². The fourth-order valence-corrected chi connectivity index (χ4v) is 5.48. The Morgan fingerprint density at radius 3 is 2.26 bits per heavy atom. The van der Waals surface area contributed by atoms with Crippen molar-refractivity contribution in [3.63, 3.8) is 0 Å². The first-order chi connectivity index (χ1) is 18.7. The van der Waals surface area contributed by atoms with E-state index in [-0.39, 0.29) is 24.1 Å². The Labute approximate surface area is 232 Å². The van der Waals surface area contributed by atoms with Crippen molar-refractivity contribution in [3.05, 3.63) is 93.0 Å². The molecule has 0 radical (unpaired) electrons. The van der Waals surface area contributed by atoms with Crippen LogP contribution in [-0.4, -0.2) is 56.0 Å². The van der Waals surface area contributed by atoms with E-state index in [0.29, 0.717) is 71.2 Å². The molecule has 39 heavy (non-hydrogen) atoms. The van der Waals surface area contributed by atoms with Gasteiger partial charge in [0.1, 0.15) is 12.4 Å². The van der Waals surface area contributed by atoms with Gasteiger partial charge < -0.3 is 14.8 Å². The first-order valence-electron chi connectivity index (χ1n) is 12.9. The summed E-state index contributed by atoms with van der Waals surface area (Å²) >= 11 is 6.24. The second-order valence-corrected chi connectivity index (χ2v) is 10.2. The minimum atomic E-state index is -0.696. The SMILES string of the molecule is COC(=O)C1=C(C)NC(C)=C(C(=O)OCCN2CCC(C(=O)c3ccc(F)cc3)CC2)C1c1cccc(Cl)c1. The normalized spacial score (nSPS) is 18.5. The van der Waals surface area contributed by atoms with Gasteiger partial charge in [0.2, 0.25) is 0 Å². The van der Waals surface area contributed by atoms with Gasteiger partial charge in [0.05, 0.1) is 24.2 Å². The highest BCUT2D eigenvalue weighted by Gasteiger charge is 2.38. The maximum absolute atomic E-state index is 13.4. The summed E-state index contributed by atoms with van der Waals surface area (Å²) in [5.74, 6) is -2.21. The Balaban J connectivity index is 1.39. The molecule has 2 aliphatic heterocycles. The fourth-order valence-electron chi connectivity index (χ4n) is 5.28. The first-order valence-corrected chi connectivity index (χ1v) is 13.3. The molecular formula is C30H32ClFN2O5. The van der Waals surface area contributed by atoms with Crippen LogP contribution in [0.2, 0.25) is 5.02 Å². The van der Waals surface area contributed by atoms with Gasteiger partial charge in [0, 0.05) is 34.4 Å². The minimum Gasteiger partial charge on any atom is -0.466 e. The standard InChI is InChI=1S/C30H32ClFN2O5/c1-18-25(29(36)38-3)27(22-5-4-6-23(31)17-22)26(19(2)33-18)30(37)39-16-15-34-13-11-21(12-14-34)28(35)20-7-9-24(32)10-8-20/h4-10,17,21,27,33H,11-16H2,1-3H3. The molecule has 4 rings (SSSR count). The average Bonchev–Trinajstić information content (AvgIpc) is 2.92. The zero-order valence-electron chi connectivity index (χ0n) is 22.3. The van der Waals surface area contributed by atoms with Crippen LogP contribution in [0.4, 0.5) is 4.39 Å². The third kappa shape index (κ3) is 6.57. The number of likely N-dealkylation sites (tertiary alicyclic amines) is 1. The van der Waals surface area contributed by atoms with Gasteiger partial charge >= 0.3 is 11.9 Å². The Morgan fingerprint density at radius 1 is 1.00 bits per heavy atom. The van der Waals surface area contributed by atoms with Crippen LogP contribution in [0.1, 0.15) is 48.5 Å². The Hall–Kier alpha value is -3.49. The summed E-state index contributed by atoms with van der Waals surface area (Å²) in [6, 6.07) is 12.7. The monoisotopic (exact) mass is 554 g/mol. The molecule has 1 saturated heterocycles. The number of hydrogen-bond acceptors (Lipinski definition) is 7. The number of piperidine rings is 1. The number of Topliss-reactive ketones (excluding diaryl/α,β-unsaturated/α-hetero) is 1. The van der Waals surface area contributed by atoms with E-state index in [1.54, 1.807) is 32.0 Å². The summed E-state index contributed by atoms with van der Waals surface area (Å²) in [4.78, 5) is 41.0. The Morgan fingerprint density at radius 2 is 1.64 bits per heavy atom. The molecule has 206 valence electrons. The highest BCUT2D eigenvalue weighted by molar-refractivity contribution is 6.30. The topological polar surface area (TPSA) is 84.9 Å². The largest absolute Gasteiger partial charge is 0.466 e. The molecule has 9 heteroatoms. The summed E-state index contributed by atoms with van der Waals surface area (Å²) < 4.78 is 23.9. The number of dihydropyridines is 1. The van der Waals surface area contributed by atoms with Gasteiger partial charge in [-0.15, -0.1) is 0 Å². The fraction of sp³-hybridized carbons (Fsp3) is 0.367. The van der Waals surface area contributed by atoms with Crippen molar-refractivity contribution in [3.8, 4) is 0 Å². The Bertz CT molecular complexity index is 1310. The van der Waals surface area contributed by atoms with Crippen molar-refractivity contribution in [2.75, 3.05) is 33.4 Å². The number of allylic oxidation sites excluding steroid dienone is 2. The van der Waals surface area contributed by atoms with Crippen molar-refractivity contribution in [1.82, 2.24) is 10.2 Å². The highest BCUT2D eigenvalue weighted by Crippen LogP contribution is 2.39. The molecule has 0 amide bonds. The third-order valence-electron chi connectivity index (χ3n) is 7.30. The lowest BCUT2D eigenvalue weighted by atomic mass is 9.80. The van der Waals surface area contributed by atoms with Crippen LogP contribution in [0.5, 0.6) is 0 Å². The van der Waals surface area contributed by atoms with Crippen LogP contribution in [0, 0.1) is 11.7 Å². The van der Waals surface area contributed by atoms with Crippen LogP contribution >= 0.6 is 11.6 Å². The van der Waals surface area contributed by atoms with E-state index in [9.17, 15) is 18.8 Å². The van der Waals surface area contributed by atoms with Crippen LogP contribution in [0.3, 0.4) is 0 Å². The van der Waals surface area contributed by atoms with Crippen molar-refractivity contribution < 1.29 is 28.2 Å². The van der Waals surface area contributed by atoms with Gasteiger partial charge in [0.15, 0.2) is 5.78 Å². The minimum absolute atomic E-state index is 0.0325. The zero-order chi connectivity index (χ0) is 28.1. The van der Waals surface area contributed by atoms with Crippen molar-refractivity contribution in [1.29, 1.82) is 0 Å². The lowest BCUT2D eigenvalue weighted by Crippen LogP contribution is -2.39. The number of hydrogen-bond donors (Lipinski definition) is 1. The number of nitrogens with one attached hydrogen (secondary N) is 1. The maximum Gasteiger partial charge on any atom is 0.336 e. The second-order valence-electron chi connectivity index (χ2n) is 9.80.